The first-order valence-corrected chi connectivity index (χ1v) is 15.3. The van der Waals surface area contributed by atoms with Crippen molar-refractivity contribution >= 4 is 35.8 Å². The molecule has 250 valence electrons. The average molecular weight is 634 g/mol. The van der Waals surface area contributed by atoms with Crippen LogP contribution in [0.25, 0.3) is 5.57 Å². The molecule has 1 heterocycles. The van der Waals surface area contributed by atoms with Crippen LogP contribution >= 0.6 is 0 Å². The van der Waals surface area contributed by atoms with E-state index < -0.39 is 23.7 Å². The SMILES string of the molecule is C=N/C=C(\C=NCC(C)OC(C)CNC)c1cc(NC(=O)C(=C/NCC)/C(=C\C)C(F)F)c(N2CC(C)N(C)C(C)C2)cc1F. The molecular formula is C33H50F3N7O2. The average Bonchev–Trinajstić information content (AvgIpc) is 2.97. The van der Waals surface area contributed by atoms with Crippen molar-refractivity contribution in [3.05, 3.63) is 53.1 Å². The Morgan fingerprint density at radius 1 is 1.20 bits per heavy atom. The summed E-state index contributed by atoms with van der Waals surface area (Å²) >= 11 is 0. The molecule has 4 unspecified atom stereocenters. The van der Waals surface area contributed by atoms with Gasteiger partial charge in [0.1, 0.15) is 5.82 Å². The van der Waals surface area contributed by atoms with Gasteiger partial charge in [0.05, 0.1) is 35.7 Å². The number of rotatable bonds is 16. The number of ether oxygens (including phenoxy) is 1. The molecule has 0 saturated carbocycles. The van der Waals surface area contributed by atoms with Crippen LogP contribution in [0.5, 0.6) is 0 Å². The Morgan fingerprint density at radius 3 is 2.42 bits per heavy atom. The predicted molar refractivity (Wildman–Crippen MR) is 180 cm³/mol. The second kappa shape index (κ2) is 18.5. The molecule has 45 heavy (non-hydrogen) atoms. The number of hydrogen-bond donors (Lipinski definition) is 3. The second-order valence-corrected chi connectivity index (χ2v) is 11.3. The Balaban J connectivity index is 2.59. The first-order chi connectivity index (χ1) is 21.4. The third-order valence-electron chi connectivity index (χ3n) is 7.68. The molecule has 0 spiro atoms. The number of nitrogens with one attached hydrogen (secondary N) is 3. The summed E-state index contributed by atoms with van der Waals surface area (Å²) in [5, 5.41) is 8.73. The Bertz CT molecular complexity index is 1250. The minimum atomic E-state index is -2.87. The minimum absolute atomic E-state index is 0.0131. The molecule has 1 saturated heterocycles. The number of hydrogen-bond acceptors (Lipinski definition) is 8. The number of amides is 1. The van der Waals surface area contributed by atoms with Crippen LogP contribution < -0.4 is 20.9 Å². The fourth-order valence-corrected chi connectivity index (χ4v) is 5.17. The Morgan fingerprint density at radius 2 is 1.87 bits per heavy atom. The van der Waals surface area contributed by atoms with Gasteiger partial charge in [0.25, 0.3) is 12.3 Å². The quantitative estimate of drug-likeness (QED) is 0.133. The van der Waals surface area contributed by atoms with Crippen LogP contribution in [0.3, 0.4) is 0 Å². The van der Waals surface area contributed by atoms with Crippen molar-refractivity contribution < 1.29 is 22.7 Å². The number of likely N-dealkylation sites (N-methyl/N-ethyl adjacent to an activating group) is 2. The fourth-order valence-electron chi connectivity index (χ4n) is 5.17. The lowest BCUT2D eigenvalue weighted by Gasteiger charge is -2.44. The molecule has 9 nitrogen and oxygen atoms in total. The molecule has 1 aromatic rings. The van der Waals surface area contributed by atoms with Crippen LogP contribution in [-0.4, -0.2) is 101 Å². The maximum atomic E-state index is 15.9. The standard InChI is InChI=1S/C33H50F3N7O2/c1-10-26(32(35)36)28(18-39-11-2)33(44)41-30-12-27(25(16-38-8)17-40-15-24(6)45-23(5)14-37-7)29(34)13-31(30)43-19-21(3)42(9)22(4)20-43/h10,12-13,16-18,21-24,32,37,39H,8,11,14-15,19-20H2,1-7,9H3,(H,41,44)/b25-16+,26-10+,28-18+,40-17?. The number of anilines is 2. The maximum absolute atomic E-state index is 15.9. The van der Waals surface area contributed by atoms with E-state index in [1.165, 1.54) is 43.7 Å². The smallest absolute Gasteiger partial charge is 0.264 e. The summed E-state index contributed by atoms with van der Waals surface area (Å²) in [6.07, 6.45) is 2.29. The first kappa shape index (κ1) is 37.7. The van der Waals surface area contributed by atoms with E-state index in [1.54, 1.807) is 6.92 Å². The summed E-state index contributed by atoms with van der Waals surface area (Å²) in [5.74, 6) is -1.30. The van der Waals surface area contributed by atoms with Gasteiger partial charge in [0.2, 0.25) is 0 Å². The molecule has 1 fully saturated rings. The van der Waals surface area contributed by atoms with E-state index in [2.05, 4.69) is 51.4 Å². The maximum Gasteiger partial charge on any atom is 0.264 e. The van der Waals surface area contributed by atoms with Crippen LogP contribution in [0.2, 0.25) is 0 Å². The summed E-state index contributed by atoms with van der Waals surface area (Å²) < 4.78 is 49.7. The molecule has 0 aromatic heterocycles. The van der Waals surface area contributed by atoms with Crippen molar-refractivity contribution in [3.63, 3.8) is 0 Å². The number of nitrogens with zero attached hydrogens (tertiary/aromatic N) is 4. The normalized spacial score (nSPS) is 20.1. The topological polar surface area (TPSA) is 93.6 Å². The number of carbonyl (C=O) groups is 1. The van der Waals surface area contributed by atoms with Crippen molar-refractivity contribution in [1.82, 2.24) is 15.5 Å². The first-order valence-electron chi connectivity index (χ1n) is 15.3. The number of allylic oxidation sites excluding steroid dienone is 2. The van der Waals surface area contributed by atoms with Crippen molar-refractivity contribution in [3.8, 4) is 0 Å². The van der Waals surface area contributed by atoms with Crippen LogP contribution in [0.15, 0.2) is 51.7 Å². The summed E-state index contributed by atoms with van der Waals surface area (Å²) in [6.45, 7) is 17.4. The molecule has 0 bridgehead atoms. The van der Waals surface area contributed by atoms with Gasteiger partial charge in [0.15, 0.2) is 0 Å². The lowest BCUT2D eigenvalue weighted by Crippen LogP contribution is -2.55. The fraction of sp³-hybridized carbons (Fsp3) is 0.545. The highest BCUT2D eigenvalue weighted by Gasteiger charge is 2.30. The highest BCUT2D eigenvalue weighted by Crippen LogP contribution is 2.35. The van der Waals surface area contributed by atoms with Crippen LogP contribution in [0.4, 0.5) is 24.5 Å². The van der Waals surface area contributed by atoms with Gasteiger partial charge in [0, 0.05) is 73.6 Å². The third-order valence-corrected chi connectivity index (χ3v) is 7.68. The molecule has 0 aliphatic carbocycles. The minimum Gasteiger partial charge on any atom is -0.391 e. The van der Waals surface area contributed by atoms with Gasteiger partial charge in [-0.3, -0.25) is 19.7 Å². The largest absolute Gasteiger partial charge is 0.391 e. The molecule has 3 N–H and O–H groups in total. The molecule has 1 aliphatic rings. The molecule has 2 rings (SSSR count). The summed E-state index contributed by atoms with van der Waals surface area (Å²) in [4.78, 5) is 26.2. The summed E-state index contributed by atoms with van der Waals surface area (Å²) in [7, 11) is 3.88. The lowest BCUT2D eigenvalue weighted by molar-refractivity contribution is -0.112. The van der Waals surface area contributed by atoms with Gasteiger partial charge >= 0.3 is 0 Å². The highest BCUT2D eigenvalue weighted by molar-refractivity contribution is 6.12. The lowest BCUT2D eigenvalue weighted by atomic mass is 10.0. The zero-order valence-electron chi connectivity index (χ0n) is 27.8. The Hall–Kier alpha value is -3.48. The summed E-state index contributed by atoms with van der Waals surface area (Å²) in [5.41, 5.74) is 0.538. The molecular weight excluding hydrogens is 583 g/mol. The van der Waals surface area contributed by atoms with Gasteiger partial charge in [-0.25, -0.2) is 13.2 Å². The molecule has 4 atom stereocenters. The second-order valence-electron chi connectivity index (χ2n) is 11.3. The number of carbonyl (C=O) groups excluding carboxylic acids is 1. The van der Waals surface area contributed by atoms with Gasteiger partial charge in [-0.15, -0.1) is 0 Å². The van der Waals surface area contributed by atoms with Crippen LogP contribution in [0.1, 0.15) is 47.1 Å². The van der Waals surface area contributed by atoms with Crippen molar-refractivity contribution in [2.24, 2.45) is 9.98 Å². The Labute approximate surface area is 266 Å². The number of piperazine rings is 1. The van der Waals surface area contributed by atoms with E-state index in [0.717, 1.165) is 0 Å². The number of benzene rings is 1. The van der Waals surface area contributed by atoms with E-state index in [-0.39, 0.29) is 41.1 Å². The number of halogens is 3. The molecule has 12 heteroatoms. The molecule has 1 aromatic carbocycles. The zero-order chi connectivity index (χ0) is 33.7. The van der Waals surface area contributed by atoms with Crippen molar-refractivity contribution in [2.45, 2.75) is 72.3 Å². The third kappa shape index (κ3) is 10.8. The molecule has 1 amide bonds. The number of aliphatic imine (C=N–C) groups is 2. The monoisotopic (exact) mass is 633 g/mol. The van der Waals surface area contributed by atoms with Crippen LogP contribution in [-0.2, 0) is 9.53 Å². The highest BCUT2D eigenvalue weighted by atomic mass is 19.3. The van der Waals surface area contributed by atoms with E-state index >= 15 is 4.39 Å². The number of alkyl halides is 2. The van der Waals surface area contributed by atoms with E-state index in [9.17, 15) is 13.6 Å². The van der Waals surface area contributed by atoms with Crippen molar-refractivity contribution in [1.29, 1.82) is 0 Å². The molecule has 0 radical (unpaired) electrons. The van der Waals surface area contributed by atoms with E-state index in [1.807, 2.05) is 32.8 Å². The van der Waals surface area contributed by atoms with Crippen LogP contribution in [0, 0.1) is 5.82 Å². The van der Waals surface area contributed by atoms with Gasteiger partial charge in [-0.05, 0) is 74.5 Å². The van der Waals surface area contributed by atoms with E-state index in [4.69, 9.17) is 4.74 Å². The zero-order valence-corrected chi connectivity index (χ0v) is 27.8. The molecule has 1 aliphatic heterocycles. The van der Waals surface area contributed by atoms with Gasteiger partial charge in [-0.1, -0.05) is 6.08 Å². The summed E-state index contributed by atoms with van der Waals surface area (Å²) in [6, 6.07) is 3.15. The van der Waals surface area contributed by atoms with Gasteiger partial charge < -0.3 is 25.6 Å². The van der Waals surface area contributed by atoms with Crippen molar-refractivity contribution in [2.75, 3.05) is 57.0 Å². The Kier molecular flexibility index (Phi) is 15.5. The predicted octanol–water partition coefficient (Wildman–Crippen LogP) is 5.12. The van der Waals surface area contributed by atoms with E-state index in [0.29, 0.717) is 44.0 Å². The van der Waals surface area contributed by atoms with Gasteiger partial charge in [-0.2, -0.15) is 0 Å².